The first-order valence-electron chi connectivity index (χ1n) is 7.47. The number of benzene rings is 1. The number of fused-ring (bicyclic) bond motifs is 1. The summed E-state index contributed by atoms with van der Waals surface area (Å²) in [6.45, 7) is 0. The molecule has 2 aliphatic rings. The smallest absolute Gasteiger partial charge is 0.353 e. The van der Waals surface area contributed by atoms with Gasteiger partial charge in [-0.3, -0.25) is 14.5 Å². The number of carboxylic acids is 1. The number of aliphatic carboxylic acids is 1. The molecule has 0 radical (unpaired) electrons. The summed E-state index contributed by atoms with van der Waals surface area (Å²) in [6.07, 6.45) is 0.849. The summed E-state index contributed by atoms with van der Waals surface area (Å²) in [6, 6.07) is 6.74. The molecule has 10 heteroatoms. The quantitative estimate of drug-likeness (QED) is 0.565. The number of nitrogens with zero attached hydrogens (tertiary/aromatic N) is 1. The Labute approximate surface area is 154 Å². The largest absolute Gasteiger partial charge is 0.477 e. The second kappa shape index (κ2) is 8.28. The van der Waals surface area contributed by atoms with Crippen molar-refractivity contribution >= 4 is 29.4 Å². The van der Waals surface area contributed by atoms with Crippen LogP contribution < -0.4 is 11.1 Å². The van der Waals surface area contributed by atoms with Crippen molar-refractivity contribution in [3.63, 3.8) is 0 Å². The molecule has 0 saturated carbocycles. The molecule has 3 rings (SSSR count). The van der Waals surface area contributed by atoms with E-state index < -0.39 is 35.9 Å². The van der Waals surface area contributed by atoms with Crippen LogP contribution in [0, 0.1) is 0 Å². The van der Waals surface area contributed by atoms with E-state index >= 15 is 0 Å². The van der Waals surface area contributed by atoms with Gasteiger partial charge >= 0.3 is 5.97 Å². The van der Waals surface area contributed by atoms with Gasteiger partial charge in [0.15, 0.2) is 0 Å². The van der Waals surface area contributed by atoms with Crippen LogP contribution in [-0.4, -0.2) is 50.8 Å². The van der Waals surface area contributed by atoms with Crippen molar-refractivity contribution < 1.29 is 30.4 Å². The highest BCUT2D eigenvalue weighted by Gasteiger charge is 2.53. The van der Waals surface area contributed by atoms with Gasteiger partial charge in [0.05, 0.1) is 6.04 Å². The van der Waals surface area contributed by atoms with E-state index in [1.54, 1.807) is 24.3 Å². The maximum atomic E-state index is 12.3. The van der Waals surface area contributed by atoms with Crippen molar-refractivity contribution in [3.05, 3.63) is 46.6 Å². The molecule has 9 nitrogen and oxygen atoms in total. The van der Waals surface area contributed by atoms with Gasteiger partial charge in [-0.15, -0.1) is 0 Å². The van der Waals surface area contributed by atoms with Crippen molar-refractivity contribution in [2.24, 2.45) is 5.73 Å². The van der Waals surface area contributed by atoms with Crippen LogP contribution in [0.4, 0.5) is 0 Å². The maximum Gasteiger partial charge on any atom is 0.353 e. The lowest BCUT2D eigenvalue weighted by atomic mass is 9.86. The Kier molecular flexibility index (Phi) is 6.87. The summed E-state index contributed by atoms with van der Waals surface area (Å²) in [7, 11) is 0. The van der Waals surface area contributed by atoms with Crippen molar-refractivity contribution in [1.82, 2.24) is 10.2 Å². The van der Waals surface area contributed by atoms with Crippen LogP contribution in [0.1, 0.15) is 24.4 Å². The summed E-state index contributed by atoms with van der Waals surface area (Å²) in [5, 5.41) is 12.0. The molecule has 1 saturated heterocycles. The Morgan fingerprint density at radius 2 is 1.88 bits per heavy atom. The summed E-state index contributed by atoms with van der Waals surface area (Å²) in [5.41, 5.74) is 6.35. The second-order valence-corrected chi connectivity index (χ2v) is 6.20. The lowest BCUT2D eigenvalue weighted by Crippen LogP contribution is -2.72. The van der Waals surface area contributed by atoms with Gasteiger partial charge in [0, 0.05) is 5.03 Å². The van der Waals surface area contributed by atoms with E-state index in [1.807, 2.05) is 6.07 Å². The molecule has 0 spiro atoms. The lowest BCUT2D eigenvalue weighted by molar-refractivity contribution is -0.156. The Morgan fingerprint density at radius 1 is 1.27 bits per heavy atom. The SMILES string of the molecule is N[C@@H](C(=O)N[C@@H]1C(=O)N2C(C(=O)O)=C(Cl)CC[C@H]12)c1ccccc1.O.O. The van der Waals surface area contributed by atoms with E-state index in [-0.39, 0.29) is 21.7 Å². The van der Waals surface area contributed by atoms with Crippen LogP contribution in [-0.2, 0) is 14.4 Å². The number of carbonyl (C=O) groups is 3. The zero-order chi connectivity index (χ0) is 17.4. The highest BCUT2D eigenvalue weighted by atomic mass is 35.5. The molecule has 1 aromatic rings. The fourth-order valence-corrected chi connectivity index (χ4v) is 3.35. The summed E-state index contributed by atoms with van der Waals surface area (Å²) in [5.74, 6) is -2.20. The molecule has 1 aromatic carbocycles. The predicted molar refractivity (Wildman–Crippen MR) is 92.9 cm³/mol. The van der Waals surface area contributed by atoms with Crippen LogP contribution in [0.2, 0.25) is 0 Å². The molecule has 2 heterocycles. The van der Waals surface area contributed by atoms with Crippen LogP contribution in [0.5, 0.6) is 0 Å². The summed E-state index contributed by atoms with van der Waals surface area (Å²) >= 11 is 5.92. The van der Waals surface area contributed by atoms with E-state index in [9.17, 15) is 19.5 Å². The minimum absolute atomic E-state index is 0. The van der Waals surface area contributed by atoms with Crippen molar-refractivity contribution in [3.8, 4) is 0 Å². The van der Waals surface area contributed by atoms with Gasteiger partial charge in [-0.2, -0.15) is 0 Å². The number of nitrogens with two attached hydrogens (primary N) is 1. The third kappa shape index (κ3) is 3.56. The highest BCUT2D eigenvalue weighted by molar-refractivity contribution is 6.32. The first kappa shape index (κ1) is 21.6. The molecule has 0 aliphatic carbocycles. The number of β-lactam (4-membered cyclic amide) rings is 1. The number of carboxylic acid groups (broad SMARTS) is 1. The second-order valence-electron chi connectivity index (χ2n) is 5.75. The Morgan fingerprint density at radius 3 is 2.46 bits per heavy atom. The topological polar surface area (TPSA) is 176 Å². The monoisotopic (exact) mass is 385 g/mol. The average molecular weight is 386 g/mol. The van der Waals surface area contributed by atoms with Gasteiger partial charge < -0.3 is 27.1 Å². The fourth-order valence-electron chi connectivity index (χ4n) is 3.07. The zero-order valence-electron chi connectivity index (χ0n) is 13.6. The van der Waals surface area contributed by atoms with E-state index in [2.05, 4.69) is 5.32 Å². The van der Waals surface area contributed by atoms with Crippen LogP contribution in [0.3, 0.4) is 0 Å². The average Bonchev–Trinajstić information content (AvgIpc) is 2.59. The van der Waals surface area contributed by atoms with E-state index in [0.29, 0.717) is 18.4 Å². The maximum absolute atomic E-state index is 12.3. The molecule has 0 unspecified atom stereocenters. The molecule has 2 amide bonds. The number of carbonyl (C=O) groups excluding carboxylic acids is 2. The third-order valence-electron chi connectivity index (χ3n) is 4.32. The number of amides is 2. The first-order valence-corrected chi connectivity index (χ1v) is 7.85. The number of hydrogen-bond acceptors (Lipinski definition) is 4. The molecule has 3 atom stereocenters. The van der Waals surface area contributed by atoms with Crippen LogP contribution in [0.15, 0.2) is 41.1 Å². The lowest BCUT2D eigenvalue weighted by Gasteiger charge is -2.49. The molecule has 142 valence electrons. The third-order valence-corrected chi connectivity index (χ3v) is 4.69. The van der Waals surface area contributed by atoms with Gasteiger partial charge in [0.25, 0.3) is 5.91 Å². The van der Waals surface area contributed by atoms with E-state index in [1.165, 1.54) is 0 Å². The molecular formula is C16H20ClN3O6. The van der Waals surface area contributed by atoms with Gasteiger partial charge in [0.1, 0.15) is 17.8 Å². The van der Waals surface area contributed by atoms with Gasteiger partial charge in [-0.05, 0) is 18.4 Å². The van der Waals surface area contributed by atoms with Crippen LogP contribution in [0.25, 0.3) is 0 Å². The molecule has 26 heavy (non-hydrogen) atoms. The zero-order valence-corrected chi connectivity index (χ0v) is 14.4. The Bertz CT molecular complexity index is 739. The number of nitrogens with one attached hydrogen (secondary N) is 1. The molecular weight excluding hydrogens is 366 g/mol. The first-order chi connectivity index (χ1) is 11.4. The molecule has 2 aliphatic heterocycles. The Hall–Kier alpha value is -2.46. The summed E-state index contributed by atoms with van der Waals surface area (Å²) in [4.78, 5) is 37.0. The Balaban J connectivity index is 0.00000169. The number of hydrogen-bond donors (Lipinski definition) is 3. The minimum atomic E-state index is -1.25. The number of allylic oxidation sites excluding steroid dienone is 1. The van der Waals surface area contributed by atoms with Crippen molar-refractivity contribution in [1.29, 1.82) is 0 Å². The summed E-state index contributed by atoms with van der Waals surface area (Å²) < 4.78 is 0. The van der Waals surface area contributed by atoms with Crippen molar-refractivity contribution in [2.75, 3.05) is 0 Å². The molecule has 8 N–H and O–H groups in total. The molecule has 1 fully saturated rings. The van der Waals surface area contributed by atoms with Crippen LogP contribution >= 0.6 is 11.6 Å². The van der Waals surface area contributed by atoms with Gasteiger partial charge in [-0.25, -0.2) is 4.79 Å². The van der Waals surface area contributed by atoms with Crippen molar-refractivity contribution in [2.45, 2.75) is 31.0 Å². The van der Waals surface area contributed by atoms with Gasteiger partial charge in [-0.1, -0.05) is 41.9 Å². The molecule has 0 aromatic heterocycles. The normalized spacial score (nSPS) is 22.2. The standard InChI is InChI=1S/C16H16ClN3O4.2H2O/c17-9-6-7-10-12(15(22)20(10)13(9)16(23)24)19-14(21)11(18)8-4-2-1-3-5-8;;/h1-5,10-12H,6-7,18H2,(H,19,21)(H,23,24);2*1H2/t10-,11-,12+;;/m1../s1. The number of halogens is 1. The molecule has 0 bridgehead atoms. The predicted octanol–water partition coefficient (Wildman–Crippen LogP) is -0.939. The highest BCUT2D eigenvalue weighted by Crippen LogP contribution is 2.38. The number of rotatable bonds is 4. The van der Waals surface area contributed by atoms with E-state index in [0.717, 1.165) is 4.90 Å². The minimum Gasteiger partial charge on any atom is -0.477 e. The van der Waals surface area contributed by atoms with Gasteiger partial charge in [0.2, 0.25) is 5.91 Å². The fraction of sp³-hybridized carbons (Fsp3) is 0.312. The van der Waals surface area contributed by atoms with E-state index in [4.69, 9.17) is 17.3 Å².